The van der Waals surface area contributed by atoms with Crippen LogP contribution in [0, 0.1) is 0 Å². The van der Waals surface area contributed by atoms with E-state index in [0.717, 1.165) is 12.2 Å². The topological polar surface area (TPSA) is 35.0 Å². The molecule has 0 radical (unpaired) electrons. The van der Waals surface area contributed by atoms with Crippen LogP contribution in [0.4, 0.5) is 0 Å². The van der Waals surface area contributed by atoms with E-state index < -0.39 is 0 Å². The van der Waals surface area contributed by atoms with Gasteiger partial charge in [-0.15, -0.1) is 0 Å². The van der Waals surface area contributed by atoms with Crippen LogP contribution in [0.5, 0.6) is 11.6 Å². The van der Waals surface area contributed by atoms with Crippen LogP contribution < -0.4 is 4.74 Å². The Morgan fingerprint density at radius 1 is 1.29 bits per heavy atom. The summed E-state index contributed by atoms with van der Waals surface area (Å²) in [6.07, 6.45) is 0.748. The van der Waals surface area contributed by atoms with Gasteiger partial charge in [0.05, 0.1) is 5.02 Å². The molecule has 0 atom stereocenters. The Morgan fingerprint density at radius 2 is 2.06 bits per heavy atom. The fraction of sp³-hybridized carbons (Fsp3) is 0.167. The summed E-state index contributed by atoms with van der Waals surface area (Å²) >= 11 is 9.33. The second-order valence-electron chi connectivity index (χ2n) is 3.33. The lowest BCUT2D eigenvalue weighted by Crippen LogP contribution is -1.96. The Morgan fingerprint density at radius 3 is 2.76 bits per heavy atom. The van der Waals surface area contributed by atoms with E-state index in [1.54, 1.807) is 18.2 Å². The van der Waals surface area contributed by atoms with Gasteiger partial charge in [-0.25, -0.2) is 4.98 Å². The van der Waals surface area contributed by atoms with E-state index in [9.17, 15) is 0 Å². The van der Waals surface area contributed by atoms with Crippen LogP contribution in [0.2, 0.25) is 5.02 Å². The maximum atomic E-state index is 6.01. The first-order chi connectivity index (χ1) is 8.19. The van der Waals surface area contributed by atoms with Gasteiger partial charge in [-0.1, -0.05) is 30.7 Å². The van der Waals surface area contributed by atoms with E-state index in [0.29, 0.717) is 21.3 Å². The maximum Gasteiger partial charge on any atom is 0.223 e. The number of nitrogens with zero attached hydrogens (tertiary/aromatic N) is 2. The molecule has 1 aromatic carbocycles. The second kappa shape index (κ2) is 5.47. The molecular formula is C12H10BrClN2O. The number of hydrogen-bond acceptors (Lipinski definition) is 3. The van der Waals surface area contributed by atoms with Crippen molar-refractivity contribution in [1.82, 2.24) is 9.97 Å². The molecule has 0 aliphatic heterocycles. The third kappa shape index (κ3) is 3.17. The average molecular weight is 314 g/mol. The first-order valence-corrected chi connectivity index (χ1v) is 6.32. The smallest absolute Gasteiger partial charge is 0.223 e. The highest BCUT2D eigenvalue weighted by Crippen LogP contribution is 2.28. The van der Waals surface area contributed by atoms with Gasteiger partial charge in [0.15, 0.2) is 0 Å². The van der Waals surface area contributed by atoms with Gasteiger partial charge >= 0.3 is 0 Å². The molecule has 0 unspecified atom stereocenters. The number of benzene rings is 1. The highest BCUT2D eigenvalue weighted by atomic mass is 79.9. The summed E-state index contributed by atoms with van der Waals surface area (Å²) in [7, 11) is 0. The zero-order chi connectivity index (χ0) is 12.3. The normalized spacial score (nSPS) is 10.3. The number of aromatic nitrogens is 2. The van der Waals surface area contributed by atoms with Crippen LogP contribution in [0.15, 0.2) is 34.9 Å². The van der Waals surface area contributed by atoms with Crippen LogP contribution in [0.25, 0.3) is 0 Å². The van der Waals surface area contributed by atoms with Gasteiger partial charge in [-0.05, 0) is 28.1 Å². The molecular weight excluding hydrogens is 304 g/mol. The molecule has 5 heteroatoms. The molecule has 0 fully saturated rings. The van der Waals surface area contributed by atoms with Crippen molar-refractivity contribution in [3.8, 4) is 11.6 Å². The van der Waals surface area contributed by atoms with E-state index in [2.05, 4.69) is 25.9 Å². The van der Waals surface area contributed by atoms with Gasteiger partial charge in [0.1, 0.15) is 16.2 Å². The van der Waals surface area contributed by atoms with Gasteiger partial charge < -0.3 is 4.74 Å². The van der Waals surface area contributed by atoms with Crippen molar-refractivity contribution in [1.29, 1.82) is 0 Å². The van der Waals surface area contributed by atoms with Crippen LogP contribution >= 0.6 is 27.5 Å². The number of rotatable bonds is 3. The second-order valence-corrected chi connectivity index (χ2v) is 4.55. The lowest BCUT2D eigenvalue weighted by Gasteiger charge is -2.07. The van der Waals surface area contributed by atoms with Gasteiger partial charge in [-0.3, -0.25) is 0 Å². The number of ether oxygens (including phenoxy) is 1. The molecule has 0 amide bonds. The summed E-state index contributed by atoms with van der Waals surface area (Å²) < 4.78 is 6.32. The molecule has 1 aromatic heterocycles. The minimum absolute atomic E-state index is 0.483. The van der Waals surface area contributed by atoms with Crippen LogP contribution in [0.3, 0.4) is 0 Å². The number of hydrogen-bond donors (Lipinski definition) is 0. The predicted molar refractivity (Wildman–Crippen MR) is 70.6 cm³/mol. The van der Waals surface area contributed by atoms with Crippen molar-refractivity contribution in [2.75, 3.05) is 0 Å². The van der Waals surface area contributed by atoms with Crippen molar-refractivity contribution >= 4 is 27.5 Å². The van der Waals surface area contributed by atoms with E-state index in [1.165, 1.54) is 0 Å². The monoisotopic (exact) mass is 312 g/mol. The van der Waals surface area contributed by atoms with E-state index in [4.69, 9.17) is 16.3 Å². The van der Waals surface area contributed by atoms with E-state index >= 15 is 0 Å². The molecule has 0 N–H and O–H groups in total. The largest absolute Gasteiger partial charge is 0.437 e. The lowest BCUT2D eigenvalue weighted by atomic mass is 10.3. The van der Waals surface area contributed by atoms with Crippen LogP contribution in [-0.2, 0) is 6.42 Å². The fourth-order valence-corrected chi connectivity index (χ4v) is 1.87. The Balaban J connectivity index is 2.30. The van der Waals surface area contributed by atoms with Crippen LogP contribution in [0.1, 0.15) is 12.7 Å². The van der Waals surface area contributed by atoms with Gasteiger partial charge in [-0.2, -0.15) is 4.98 Å². The molecule has 0 saturated carbocycles. The minimum atomic E-state index is 0.483. The first kappa shape index (κ1) is 12.3. The minimum Gasteiger partial charge on any atom is -0.437 e. The number of halogens is 2. The molecule has 0 aliphatic rings. The Bertz CT molecular complexity index is 534. The molecule has 17 heavy (non-hydrogen) atoms. The Labute approximate surface area is 113 Å². The maximum absolute atomic E-state index is 6.01. The van der Waals surface area contributed by atoms with E-state index in [-0.39, 0.29) is 0 Å². The van der Waals surface area contributed by atoms with E-state index in [1.807, 2.05) is 19.1 Å². The lowest BCUT2D eigenvalue weighted by molar-refractivity contribution is 0.458. The molecule has 88 valence electrons. The summed E-state index contributed by atoms with van der Waals surface area (Å²) in [5.41, 5.74) is 0. The van der Waals surface area contributed by atoms with Crippen molar-refractivity contribution in [3.63, 3.8) is 0 Å². The quantitative estimate of drug-likeness (QED) is 0.795. The van der Waals surface area contributed by atoms with Crippen molar-refractivity contribution < 1.29 is 4.74 Å². The SMILES string of the molecule is CCc1nc(Br)cc(Oc2ccccc2Cl)n1. The number of para-hydroxylation sites is 1. The van der Waals surface area contributed by atoms with Gasteiger partial charge in [0.2, 0.25) is 5.88 Å². The Kier molecular flexibility index (Phi) is 3.97. The standard InChI is InChI=1S/C12H10BrClN2O/c1-2-11-15-10(13)7-12(16-11)17-9-6-4-3-5-8(9)14/h3-7H,2H2,1H3. The van der Waals surface area contributed by atoms with Crippen molar-refractivity contribution in [2.45, 2.75) is 13.3 Å². The summed E-state index contributed by atoms with van der Waals surface area (Å²) in [6, 6.07) is 8.99. The fourth-order valence-electron chi connectivity index (χ4n) is 1.29. The number of aryl methyl sites for hydroxylation is 1. The zero-order valence-electron chi connectivity index (χ0n) is 9.15. The van der Waals surface area contributed by atoms with Gasteiger partial charge in [0, 0.05) is 12.5 Å². The summed E-state index contributed by atoms with van der Waals surface area (Å²) in [6.45, 7) is 1.99. The highest BCUT2D eigenvalue weighted by molar-refractivity contribution is 9.10. The molecule has 0 aliphatic carbocycles. The third-order valence-electron chi connectivity index (χ3n) is 2.09. The highest BCUT2D eigenvalue weighted by Gasteiger charge is 2.06. The van der Waals surface area contributed by atoms with Crippen molar-refractivity contribution in [2.24, 2.45) is 0 Å². The van der Waals surface area contributed by atoms with Gasteiger partial charge in [0.25, 0.3) is 0 Å². The summed E-state index contributed by atoms with van der Waals surface area (Å²) in [5, 5.41) is 0.556. The first-order valence-electron chi connectivity index (χ1n) is 5.15. The average Bonchev–Trinajstić information content (AvgIpc) is 2.31. The van der Waals surface area contributed by atoms with Crippen molar-refractivity contribution in [3.05, 3.63) is 45.8 Å². The Hall–Kier alpha value is -1.13. The molecule has 2 rings (SSSR count). The molecule has 0 saturated heterocycles. The van der Waals surface area contributed by atoms with Crippen LogP contribution in [-0.4, -0.2) is 9.97 Å². The molecule has 0 spiro atoms. The molecule has 2 aromatic rings. The predicted octanol–water partition coefficient (Wildman–Crippen LogP) is 4.25. The molecule has 3 nitrogen and oxygen atoms in total. The summed E-state index contributed by atoms with van der Waals surface area (Å²) in [5.74, 6) is 1.79. The zero-order valence-corrected chi connectivity index (χ0v) is 11.5. The molecule has 1 heterocycles. The third-order valence-corrected chi connectivity index (χ3v) is 2.80. The molecule has 0 bridgehead atoms. The summed E-state index contributed by atoms with van der Waals surface area (Å²) in [4.78, 5) is 8.48.